The van der Waals surface area contributed by atoms with Crippen LogP contribution in [-0.2, 0) is 17.1 Å². The SMILES string of the molecule is Cc1nn(C)cc1[C@@H](C)NS(=O)(=O)c1cccc2nsnc12. The molecular weight excluding hydrogens is 322 g/mol. The zero-order valence-corrected chi connectivity index (χ0v) is 13.9. The Labute approximate surface area is 132 Å². The van der Waals surface area contributed by atoms with Gasteiger partial charge in [-0.15, -0.1) is 0 Å². The van der Waals surface area contributed by atoms with Crippen LogP contribution in [0, 0.1) is 6.92 Å². The van der Waals surface area contributed by atoms with E-state index in [1.54, 1.807) is 30.8 Å². The van der Waals surface area contributed by atoms with Crippen LogP contribution in [0.3, 0.4) is 0 Å². The highest BCUT2D eigenvalue weighted by atomic mass is 32.2. The highest BCUT2D eigenvalue weighted by Crippen LogP contribution is 2.24. The summed E-state index contributed by atoms with van der Waals surface area (Å²) in [7, 11) is -1.89. The molecule has 0 spiro atoms. The van der Waals surface area contributed by atoms with Crippen LogP contribution in [0.1, 0.15) is 24.2 Å². The third-order valence-corrected chi connectivity index (χ3v) is 5.50. The van der Waals surface area contributed by atoms with E-state index < -0.39 is 10.0 Å². The summed E-state index contributed by atoms with van der Waals surface area (Å²) in [4.78, 5) is 0.146. The molecule has 7 nitrogen and oxygen atoms in total. The van der Waals surface area contributed by atoms with E-state index in [1.165, 1.54) is 6.07 Å². The van der Waals surface area contributed by atoms with E-state index in [9.17, 15) is 8.42 Å². The summed E-state index contributed by atoms with van der Waals surface area (Å²) in [5, 5.41) is 4.24. The van der Waals surface area contributed by atoms with Crippen LogP contribution in [0.25, 0.3) is 11.0 Å². The Kier molecular flexibility index (Phi) is 3.71. The molecule has 2 heterocycles. The first-order valence-electron chi connectivity index (χ1n) is 6.62. The molecule has 116 valence electrons. The second-order valence-corrected chi connectivity index (χ2v) is 7.29. The van der Waals surface area contributed by atoms with Gasteiger partial charge in [-0.1, -0.05) is 6.07 Å². The van der Waals surface area contributed by atoms with Gasteiger partial charge in [0, 0.05) is 24.8 Å². The first kappa shape index (κ1) is 15.1. The van der Waals surface area contributed by atoms with Gasteiger partial charge >= 0.3 is 0 Å². The van der Waals surface area contributed by atoms with Gasteiger partial charge in [-0.2, -0.15) is 13.8 Å². The molecule has 1 atom stereocenters. The molecule has 0 amide bonds. The van der Waals surface area contributed by atoms with E-state index in [0.717, 1.165) is 23.0 Å². The lowest BCUT2D eigenvalue weighted by molar-refractivity contribution is 0.567. The molecule has 0 unspecified atom stereocenters. The Hall–Kier alpha value is -1.84. The molecule has 0 bridgehead atoms. The number of benzene rings is 1. The van der Waals surface area contributed by atoms with Gasteiger partial charge < -0.3 is 0 Å². The molecule has 22 heavy (non-hydrogen) atoms. The van der Waals surface area contributed by atoms with Crippen molar-refractivity contribution in [2.45, 2.75) is 24.8 Å². The lowest BCUT2D eigenvalue weighted by atomic mass is 10.1. The van der Waals surface area contributed by atoms with Crippen molar-refractivity contribution in [1.82, 2.24) is 23.2 Å². The number of sulfonamides is 1. The fourth-order valence-corrected chi connectivity index (χ4v) is 4.39. The van der Waals surface area contributed by atoms with Crippen molar-refractivity contribution in [2.24, 2.45) is 7.05 Å². The second-order valence-electron chi connectivity index (χ2n) is 5.07. The van der Waals surface area contributed by atoms with E-state index >= 15 is 0 Å². The van der Waals surface area contributed by atoms with Gasteiger partial charge in [-0.05, 0) is 26.0 Å². The lowest BCUT2D eigenvalue weighted by Gasteiger charge is -2.13. The van der Waals surface area contributed by atoms with Gasteiger partial charge in [-0.25, -0.2) is 13.1 Å². The molecule has 0 radical (unpaired) electrons. The number of aromatic nitrogens is 4. The van der Waals surface area contributed by atoms with Gasteiger partial charge in [0.25, 0.3) is 0 Å². The maximum absolute atomic E-state index is 12.6. The molecule has 3 aromatic rings. The third kappa shape index (κ3) is 2.62. The van der Waals surface area contributed by atoms with E-state index in [0.29, 0.717) is 11.0 Å². The number of nitrogens with one attached hydrogen (secondary N) is 1. The summed E-state index contributed by atoms with van der Waals surface area (Å²) >= 11 is 0.999. The van der Waals surface area contributed by atoms with Gasteiger partial charge in [0.05, 0.1) is 17.4 Å². The largest absolute Gasteiger partial charge is 0.275 e. The number of aryl methyl sites for hydroxylation is 2. The summed E-state index contributed by atoms with van der Waals surface area (Å²) in [6.45, 7) is 3.65. The van der Waals surface area contributed by atoms with Crippen LogP contribution >= 0.6 is 11.7 Å². The van der Waals surface area contributed by atoms with Gasteiger partial charge in [0.15, 0.2) is 0 Å². The summed E-state index contributed by atoms with van der Waals surface area (Å²) < 4.78 is 37.8. The Morgan fingerprint density at radius 1 is 1.32 bits per heavy atom. The van der Waals surface area contributed by atoms with E-state index in [-0.39, 0.29) is 10.9 Å². The van der Waals surface area contributed by atoms with Gasteiger partial charge in [-0.3, -0.25) is 4.68 Å². The standard InChI is InChI=1S/C13H15N5O2S2/c1-8-10(7-18(3)14-8)9(2)17-22(19,20)12-6-4-5-11-13(12)16-21-15-11/h4-7,9,17H,1-3H3/t9-/m1/s1. The summed E-state index contributed by atoms with van der Waals surface area (Å²) in [5.74, 6) is 0. The second kappa shape index (κ2) is 5.41. The van der Waals surface area contributed by atoms with Crippen molar-refractivity contribution >= 4 is 32.8 Å². The number of hydrogen-bond donors (Lipinski definition) is 1. The van der Waals surface area contributed by atoms with Crippen LogP contribution in [0.2, 0.25) is 0 Å². The molecule has 0 aliphatic carbocycles. The topological polar surface area (TPSA) is 89.8 Å². The number of fused-ring (bicyclic) bond motifs is 1. The molecule has 1 N–H and O–H groups in total. The van der Waals surface area contributed by atoms with E-state index in [2.05, 4.69) is 18.6 Å². The van der Waals surface area contributed by atoms with Crippen LogP contribution < -0.4 is 4.72 Å². The van der Waals surface area contributed by atoms with Gasteiger partial charge in [0.2, 0.25) is 10.0 Å². The zero-order chi connectivity index (χ0) is 15.9. The lowest BCUT2D eigenvalue weighted by Crippen LogP contribution is -2.27. The molecule has 9 heteroatoms. The van der Waals surface area contributed by atoms with Crippen molar-refractivity contribution in [3.8, 4) is 0 Å². The fraction of sp³-hybridized carbons (Fsp3) is 0.308. The maximum Gasteiger partial charge on any atom is 0.243 e. The van der Waals surface area contributed by atoms with Crippen molar-refractivity contribution in [3.05, 3.63) is 35.7 Å². The van der Waals surface area contributed by atoms with Crippen molar-refractivity contribution in [2.75, 3.05) is 0 Å². The Balaban J connectivity index is 1.97. The third-order valence-electron chi connectivity index (χ3n) is 3.39. The molecule has 0 saturated heterocycles. The Morgan fingerprint density at radius 3 is 2.77 bits per heavy atom. The highest BCUT2D eigenvalue weighted by Gasteiger charge is 2.23. The average Bonchev–Trinajstić information content (AvgIpc) is 3.03. The number of rotatable bonds is 4. The quantitative estimate of drug-likeness (QED) is 0.783. The zero-order valence-electron chi connectivity index (χ0n) is 12.3. The van der Waals surface area contributed by atoms with Crippen LogP contribution in [0.15, 0.2) is 29.3 Å². The van der Waals surface area contributed by atoms with Crippen molar-refractivity contribution in [3.63, 3.8) is 0 Å². The molecule has 0 fully saturated rings. The van der Waals surface area contributed by atoms with E-state index in [4.69, 9.17) is 0 Å². The Morgan fingerprint density at radius 2 is 2.09 bits per heavy atom. The fourth-order valence-electron chi connectivity index (χ4n) is 2.40. The molecule has 1 aromatic carbocycles. The average molecular weight is 337 g/mol. The first-order valence-corrected chi connectivity index (χ1v) is 8.83. The summed E-state index contributed by atoms with van der Waals surface area (Å²) in [6.07, 6.45) is 1.81. The molecule has 0 aliphatic rings. The minimum absolute atomic E-state index is 0.146. The summed E-state index contributed by atoms with van der Waals surface area (Å²) in [6, 6.07) is 4.56. The smallest absolute Gasteiger partial charge is 0.243 e. The predicted octanol–water partition coefficient (Wildman–Crippen LogP) is 1.77. The number of hydrogen-bond acceptors (Lipinski definition) is 6. The Bertz CT molecular complexity index is 929. The minimum Gasteiger partial charge on any atom is -0.275 e. The van der Waals surface area contributed by atoms with Crippen LogP contribution in [-0.4, -0.2) is 26.9 Å². The predicted molar refractivity (Wildman–Crippen MR) is 84.1 cm³/mol. The monoisotopic (exact) mass is 337 g/mol. The molecule has 0 saturated carbocycles. The van der Waals surface area contributed by atoms with Crippen LogP contribution in [0.5, 0.6) is 0 Å². The normalized spacial score (nSPS) is 13.6. The summed E-state index contributed by atoms with van der Waals surface area (Å²) in [5.41, 5.74) is 2.62. The highest BCUT2D eigenvalue weighted by molar-refractivity contribution is 7.89. The molecular formula is C13H15N5O2S2. The first-order chi connectivity index (χ1) is 10.4. The minimum atomic E-state index is -3.69. The molecule has 2 aromatic heterocycles. The van der Waals surface area contributed by atoms with Crippen molar-refractivity contribution < 1.29 is 8.42 Å². The molecule has 0 aliphatic heterocycles. The van der Waals surface area contributed by atoms with Gasteiger partial charge in [0.1, 0.15) is 15.9 Å². The maximum atomic E-state index is 12.6. The number of nitrogens with zero attached hydrogens (tertiary/aromatic N) is 4. The molecule has 3 rings (SSSR count). The van der Waals surface area contributed by atoms with E-state index in [1.807, 2.05) is 13.1 Å². The van der Waals surface area contributed by atoms with Crippen LogP contribution in [0.4, 0.5) is 0 Å². The van der Waals surface area contributed by atoms with Crippen molar-refractivity contribution in [1.29, 1.82) is 0 Å².